The molecule has 2 aromatic rings. The molecule has 0 saturated carbocycles. The van der Waals surface area contributed by atoms with Gasteiger partial charge in [-0.1, -0.05) is 35.4 Å². The van der Waals surface area contributed by atoms with E-state index in [1.54, 1.807) is 6.07 Å². The number of rotatable bonds is 2. The topological polar surface area (TPSA) is 61.1 Å². The zero-order valence-electron chi connectivity index (χ0n) is 8.16. The third kappa shape index (κ3) is 1.78. The van der Waals surface area contributed by atoms with E-state index >= 15 is 0 Å². The lowest BCUT2D eigenvalue weighted by Gasteiger charge is -2.02. The molecule has 0 fully saturated rings. The van der Waals surface area contributed by atoms with Gasteiger partial charge in [0, 0.05) is 16.0 Å². The monoisotopic (exact) mass is 226 g/mol. The van der Waals surface area contributed by atoms with Crippen molar-refractivity contribution in [3.05, 3.63) is 46.8 Å². The van der Waals surface area contributed by atoms with Crippen LogP contribution in [0.4, 0.5) is 11.4 Å². The summed E-state index contributed by atoms with van der Waals surface area (Å²) in [4.78, 5) is 6.76. The summed E-state index contributed by atoms with van der Waals surface area (Å²) in [7, 11) is 0. The second kappa shape index (κ2) is 4.55. The number of benzene rings is 2. The van der Waals surface area contributed by atoms with Crippen molar-refractivity contribution in [3.63, 3.8) is 0 Å². The van der Waals surface area contributed by atoms with Crippen LogP contribution in [0.25, 0.3) is 21.2 Å². The molecule has 0 aromatic heterocycles. The number of fused-ring (bicyclic) bond motifs is 1. The van der Waals surface area contributed by atoms with Crippen molar-refractivity contribution in [2.24, 2.45) is 10.1 Å². The number of azide groups is 1. The fourth-order valence-corrected chi connectivity index (χ4v) is 1.66. The molecule has 5 heteroatoms. The van der Waals surface area contributed by atoms with Crippen molar-refractivity contribution in [3.8, 4) is 0 Å². The summed E-state index contributed by atoms with van der Waals surface area (Å²) < 4.78 is 0. The van der Waals surface area contributed by atoms with Crippen LogP contribution in [0.2, 0.25) is 0 Å². The molecule has 0 aliphatic rings. The lowest BCUT2D eigenvalue weighted by Crippen LogP contribution is -1.74. The van der Waals surface area contributed by atoms with Crippen molar-refractivity contribution in [2.45, 2.75) is 0 Å². The van der Waals surface area contributed by atoms with Crippen LogP contribution in [-0.2, 0) is 0 Å². The molecule has 0 atom stereocenters. The lowest BCUT2D eigenvalue weighted by molar-refractivity contribution is 1.50. The minimum Gasteiger partial charge on any atom is -0.194 e. The average Bonchev–Trinajstić information content (AvgIpc) is 2.31. The molecule has 2 rings (SSSR count). The van der Waals surface area contributed by atoms with E-state index in [1.807, 2.05) is 30.3 Å². The Morgan fingerprint density at radius 1 is 1.06 bits per heavy atom. The zero-order chi connectivity index (χ0) is 11.4. The van der Waals surface area contributed by atoms with Crippen molar-refractivity contribution < 1.29 is 0 Å². The summed E-state index contributed by atoms with van der Waals surface area (Å²) in [5.74, 6) is 0. The molecule has 0 saturated heterocycles. The molecule has 0 unspecified atom stereocenters. The first-order valence-corrected chi connectivity index (χ1v) is 4.92. The molecule has 4 nitrogen and oxygen atoms in total. The molecule has 2 aromatic carbocycles. The second-order valence-electron chi connectivity index (χ2n) is 3.04. The van der Waals surface area contributed by atoms with Gasteiger partial charge in [0.15, 0.2) is 0 Å². The summed E-state index contributed by atoms with van der Waals surface area (Å²) >= 11 is 4.58. The maximum Gasteiger partial charge on any atom is 0.0817 e. The Morgan fingerprint density at radius 2 is 1.69 bits per heavy atom. The maximum absolute atomic E-state index is 8.46. The number of thiocarbonyl (C=S) groups is 1. The number of nitrogens with zero attached hydrogens (tertiary/aromatic N) is 4. The highest BCUT2D eigenvalue weighted by atomic mass is 32.1. The molecule has 0 aliphatic heterocycles. The smallest absolute Gasteiger partial charge is 0.0817 e. The van der Waals surface area contributed by atoms with Crippen LogP contribution >= 0.6 is 12.2 Å². The summed E-state index contributed by atoms with van der Waals surface area (Å²) in [5, 5.41) is 7.71. The Kier molecular flexibility index (Phi) is 2.94. The van der Waals surface area contributed by atoms with E-state index in [1.165, 1.54) is 0 Å². The predicted octanol–water partition coefficient (Wildman–Crippen LogP) is 4.52. The largest absolute Gasteiger partial charge is 0.194 e. The minimum absolute atomic E-state index is 0.585. The van der Waals surface area contributed by atoms with Gasteiger partial charge in [-0.25, -0.2) is 0 Å². The van der Waals surface area contributed by atoms with Crippen LogP contribution in [0.15, 0.2) is 46.5 Å². The van der Waals surface area contributed by atoms with Gasteiger partial charge in [-0.2, -0.15) is 4.99 Å². The maximum atomic E-state index is 8.46. The van der Waals surface area contributed by atoms with E-state index in [4.69, 9.17) is 5.53 Å². The van der Waals surface area contributed by atoms with Crippen LogP contribution in [0.1, 0.15) is 0 Å². The quantitative estimate of drug-likeness (QED) is 0.244. The van der Waals surface area contributed by atoms with Gasteiger partial charge in [0.2, 0.25) is 0 Å². The van der Waals surface area contributed by atoms with Gasteiger partial charge in [0.05, 0.1) is 10.8 Å². The standard InChI is InChI=1S/C11H6N4S/c12-15-14-11-6-2-3-8-9(11)4-1-5-10(8)13-7-16/h1-6H. The van der Waals surface area contributed by atoms with Crippen LogP contribution in [0, 0.1) is 0 Å². The van der Waals surface area contributed by atoms with E-state index in [-0.39, 0.29) is 0 Å². The predicted molar refractivity (Wildman–Crippen MR) is 67.4 cm³/mol. The highest BCUT2D eigenvalue weighted by Crippen LogP contribution is 2.32. The van der Waals surface area contributed by atoms with Crippen LogP contribution < -0.4 is 0 Å². The van der Waals surface area contributed by atoms with E-state index in [0.717, 1.165) is 16.5 Å². The fraction of sp³-hybridized carbons (Fsp3) is 0. The summed E-state index contributed by atoms with van der Waals surface area (Å²) in [6.45, 7) is 0. The van der Waals surface area contributed by atoms with Crippen molar-refractivity contribution in [1.29, 1.82) is 0 Å². The number of hydrogen-bond donors (Lipinski definition) is 0. The average molecular weight is 226 g/mol. The molecule has 0 N–H and O–H groups in total. The zero-order valence-corrected chi connectivity index (χ0v) is 8.98. The molecule has 0 heterocycles. The normalized spacial score (nSPS) is 9.25. The Balaban J connectivity index is 2.85. The Morgan fingerprint density at radius 3 is 2.31 bits per heavy atom. The van der Waals surface area contributed by atoms with Crippen LogP contribution in [0.3, 0.4) is 0 Å². The Bertz CT molecular complexity index is 580. The van der Waals surface area contributed by atoms with E-state index in [2.05, 4.69) is 32.4 Å². The number of hydrogen-bond acceptors (Lipinski definition) is 3. The van der Waals surface area contributed by atoms with Crippen LogP contribution in [-0.4, -0.2) is 5.16 Å². The SMILES string of the molecule is [N-]=[N+]=Nc1cccc2c(N=C=S)cccc12. The molecule has 0 spiro atoms. The van der Waals surface area contributed by atoms with Gasteiger partial charge in [0.1, 0.15) is 0 Å². The van der Waals surface area contributed by atoms with Crippen molar-refractivity contribution in [1.82, 2.24) is 0 Å². The molecule has 0 bridgehead atoms. The molecular weight excluding hydrogens is 220 g/mol. The molecular formula is C11H6N4S. The second-order valence-corrected chi connectivity index (χ2v) is 3.22. The molecule has 76 valence electrons. The van der Waals surface area contributed by atoms with Gasteiger partial charge < -0.3 is 0 Å². The van der Waals surface area contributed by atoms with Crippen molar-refractivity contribution in [2.75, 3.05) is 0 Å². The summed E-state index contributed by atoms with van der Waals surface area (Å²) in [6, 6.07) is 11.0. The third-order valence-electron chi connectivity index (χ3n) is 2.19. The highest BCUT2D eigenvalue weighted by molar-refractivity contribution is 7.78. The van der Waals surface area contributed by atoms with Gasteiger partial charge in [0.25, 0.3) is 0 Å². The first kappa shape index (κ1) is 10.3. The van der Waals surface area contributed by atoms with Gasteiger partial charge >= 0.3 is 0 Å². The van der Waals surface area contributed by atoms with Gasteiger partial charge in [-0.15, -0.1) is 0 Å². The number of aliphatic imine (C=N–C) groups is 1. The Labute approximate surface area is 96.9 Å². The van der Waals surface area contributed by atoms with Crippen molar-refractivity contribution >= 4 is 39.5 Å². The molecule has 0 aliphatic carbocycles. The summed E-state index contributed by atoms with van der Waals surface area (Å²) in [5.41, 5.74) is 9.77. The first-order valence-electron chi connectivity index (χ1n) is 4.51. The summed E-state index contributed by atoms with van der Waals surface area (Å²) in [6.07, 6.45) is 0. The first-order chi connectivity index (χ1) is 7.86. The number of isothiocyanates is 1. The lowest BCUT2D eigenvalue weighted by atomic mass is 10.1. The Hall–Kier alpha value is -2.19. The minimum atomic E-state index is 0.585. The third-order valence-corrected chi connectivity index (χ3v) is 2.29. The van der Waals surface area contributed by atoms with Gasteiger partial charge in [-0.3, -0.25) is 0 Å². The molecule has 0 amide bonds. The van der Waals surface area contributed by atoms with E-state index < -0.39 is 0 Å². The highest BCUT2D eigenvalue weighted by Gasteiger charge is 2.02. The molecule has 0 radical (unpaired) electrons. The van der Waals surface area contributed by atoms with E-state index in [0.29, 0.717) is 5.69 Å². The van der Waals surface area contributed by atoms with Crippen LogP contribution in [0.5, 0.6) is 0 Å². The molecule has 16 heavy (non-hydrogen) atoms. The van der Waals surface area contributed by atoms with E-state index in [9.17, 15) is 0 Å². The fourth-order valence-electron chi connectivity index (χ4n) is 1.56. The van der Waals surface area contributed by atoms with Gasteiger partial charge in [-0.05, 0) is 29.2 Å².